The van der Waals surface area contributed by atoms with Crippen molar-refractivity contribution in [1.29, 1.82) is 0 Å². The number of hydrogen-bond acceptors (Lipinski definition) is 3. The van der Waals surface area contributed by atoms with Gasteiger partial charge in [-0.1, -0.05) is 12.1 Å². The summed E-state index contributed by atoms with van der Waals surface area (Å²) in [5, 5.41) is 20.1. The number of anilines is 1. The van der Waals surface area contributed by atoms with Gasteiger partial charge >= 0.3 is 0 Å². The van der Waals surface area contributed by atoms with Crippen LogP contribution in [-0.2, 0) is 0 Å². The third kappa shape index (κ3) is 1.14. The second-order valence-corrected chi connectivity index (χ2v) is 2.92. The highest BCUT2D eigenvalue weighted by atomic mass is 16.3. The smallest absolute Gasteiger partial charge is 0.129 e. The first-order valence-electron chi connectivity index (χ1n) is 3.88. The van der Waals surface area contributed by atoms with Crippen LogP contribution in [-0.4, -0.2) is 10.2 Å². The highest BCUT2D eigenvalue weighted by Gasteiger charge is 2.04. The summed E-state index contributed by atoms with van der Waals surface area (Å²) in [6.07, 6.45) is 0. The third-order valence-corrected chi connectivity index (χ3v) is 1.96. The molecule has 0 aliphatic heterocycles. The van der Waals surface area contributed by atoms with Gasteiger partial charge in [0.15, 0.2) is 0 Å². The maximum Gasteiger partial charge on any atom is 0.129 e. The first-order valence-corrected chi connectivity index (χ1v) is 3.88. The van der Waals surface area contributed by atoms with Gasteiger partial charge in [0.25, 0.3) is 0 Å². The van der Waals surface area contributed by atoms with Gasteiger partial charge in [-0.2, -0.15) is 0 Å². The molecule has 0 radical (unpaired) electrons. The first kappa shape index (κ1) is 7.73. The van der Waals surface area contributed by atoms with E-state index in [4.69, 9.17) is 5.73 Å². The zero-order valence-electron chi connectivity index (χ0n) is 6.86. The summed E-state index contributed by atoms with van der Waals surface area (Å²) < 4.78 is 0. The summed E-state index contributed by atoms with van der Waals surface area (Å²) in [5.74, 6) is 0.0723. The molecule has 0 unspecified atom stereocenters. The van der Waals surface area contributed by atoms with Crippen LogP contribution in [0.5, 0.6) is 11.5 Å². The van der Waals surface area contributed by atoms with Gasteiger partial charge < -0.3 is 15.9 Å². The van der Waals surface area contributed by atoms with Crippen molar-refractivity contribution in [2.24, 2.45) is 0 Å². The molecule has 66 valence electrons. The Morgan fingerprint density at radius 1 is 1.00 bits per heavy atom. The molecule has 2 aromatic rings. The minimum absolute atomic E-state index is 0.00750. The molecule has 3 heteroatoms. The van der Waals surface area contributed by atoms with Gasteiger partial charge in [0.2, 0.25) is 0 Å². The van der Waals surface area contributed by atoms with Gasteiger partial charge in [0.1, 0.15) is 11.5 Å². The van der Waals surface area contributed by atoms with E-state index < -0.39 is 0 Å². The van der Waals surface area contributed by atoms with Crippen molar-refractivity contribution in [1.82, 2.24) is 0 Å². The van der Waals surface area contributed by atoms with Crippen LogP contribution in [0.25, 0.3) is 10.8 Å². The third-order valence-electron chi connectivity index (χ3n) is 1.96. The monoisotopic (exact) mass is 175 g/mol. The van der Waals surface area contributed by atoms with Gasteiger partial charge in [0.05, 0.1) is 5.39 Å². The molecule has 3 nitrogen and oxygen atoms in total. The highest BCUT2D eigenvalue weighted by molar-refractivity contribution is 5.95. The van der Waals surface area contributed by atoms with Crippen LogP contribution in [0, 0.1) is 0 Å². The first-order chi connectivity index (χ1) is 6.18. The molecule has 0 amide bonds. The number of phenolic OH excluding ortho intramolecular Hbond substituents is 2. The van der Waals surface area contributed by atoms with Crippen molar-refractivity contribution < 1.29 is 10.2 Å². The lowest BCUT2D eigenvalue weighted by Gasteiger charge is -2.04. The number of phenols is 2. The van der Waals surface area contributed by atoms with E-state index in [2.05, 4.69) is 0 Å². The van der Waals surface area contributed by atoms with Gasteiger partial charge in [-0.05, 0) is 17.5 Å². The molecule has 2 aromatic carbocycles. The van der Waals surface area contributed by atoms with Crippen molar-refractivity contribution >= 4 is 16.5 Å². The Morgan fingerprint density at radius 3 is 2.54 bits per heavy atom. The maximum atomic E-state index is 9.49. The number of hydrogen-bond donors (Lipinski definition) is 3. The summed E-state index contributed by atoms with van der Waals surface area (Å²) in [5.41, 5.74) is 6.02. The number of aromatic hydroxyl groups is 2. The van der Waals surface area contributed by atoms with Gasteiger partial charge in [0, 0.05) is 11.8 Å². The second kappa shape index (κ2) is 2.55. The second-order valence-electron chi connectivity index (χ2n) is 2.92. The molecule has 0 heterocycles. The number of nitrogens with two attached hydrogens (primary N) is 1. The Hall–Kier alpha value is -1.90. The van der Waals surface area contributed by atoms with Crippen LogP contribution in [0.15, 0.2) is 30.3 Å². The van der Waals surface area contributed by atoms with Gasteiger partial charge in [-0.15, -0.1) is 0 Å². The van der Waals surface area contributed by atoms with E-state index >= 15 is 0 Å². The molecule has 0 bridgehead atoms. The van der Waals surface area contributed by atoms with Crippen molar-refractivity contribution in [2.45, 2.75) is 0 Å². The van der Waals surface area contributed by atoms with Crippen molar-refractivity contribution in [3.05, 3.63) is 30.3 Å². The number of rotatable bonds is 0. The molecule has 0 aromatic heterocycles. The molecular formula is C10H9NO2. The standard InChI is InChI=1S/C10H9NO2/c11-7-4-6-2-1-3-8(12)10(6)9(13)5-7/h1-5,12-13H,11H2. The Morgan fingerprint density at radius 2 is 1.77 bits per heavy atom. The molecular weight excluding hydrogens is 166 g/mol. The van der Waals surface area contributed by atoms with Crippen molar-refractivity contribution in [3.8, 4) is 11.5 Å². The van der Waals surface area contributed by atoms with E-state index in [1.165, 1.54) is 12.1 Å². The van der Waals surface area contributed by atoms with E-state index in [1.54, 1.807) is 18.2 Å². The van der Waals surface area contributed by atoms with E-state index in [9.17, 15) is 10.2 Å². The summed E-state index contributed by atoms with van der Waals surface area (Å²) in [6, 6.07) is 8.14. The Labute approximate surface area is 75.0 Å². The normalized spacial score (nSPS) is 10.5. The van der Waals surface area contributed by atoms with E-state index in [-0.39, 0.29) is 11.5 Å². The fraction of sp³-hybridized carbons (Fsp3) is 0. The average Bonchev–Trinajstić information content (AvgIpc) is 2.02. The Balaban J connectivity index is 2.94. The lowest BCUT2D eigenvalue weighted by molar-refractivity contribution is 0.464. The molecule has 0 aliphatic rings. The lowest BCUT2D eigenvalue weighted by atomic mass is 10.1. The van der Waals surface area contributed by atoms with Gasteiger partial charge in [-0.3, -0.25) is 0 Å². The van der Waals surface area contributed by atoms with Gasteiger partial charge in [-0.25, -0.2) is 0 Å². The molecule has 0 atom stereocenters. The number of fused-ring (bicyclic) bond motifs is 1. The molecule has 13 heavy (non-hydrogen) atoms. The Bertz CT molecular complexity index is 466. The lowest BCUT2D eigenvalue weighted by Crippen LogP contribution is -1.84. The minimum Gasteiger partial charge on any atom is -0.507 e. The molecule has 0 aliphatic carbocycles. The van der Waals surface area contributed by atoms with Crippen molar-refractivity contribution in [2.75, 3.05) is 5.73 Å². The fourth-order valence-corrected chi connectivity index (χ4v) is 1.41. The zero-order chi connectivity index (χ0) is 9.42. The fourth-order valence-electron chi connectivity index (χ4n) is 1.41. The predicted molar refractivity (Wildman–Crippen MR) is 51.7 cm³/mol. The summed E-state index contributed by atoms with van der Waals surface area (Å²) in [6.45, 7) is 0. The molecule has 0 saturated carbocycles. The van der Waals surface area contributed by atoms with E-state index in [1.807, 2.05) is 0 Å². The zero-order valence-corrected chi connectivity index (χ0v) is 6.86. The number of nitrogen functional groups attached to an aromatic ring is 1. The van der Waals surface area contributed by atoms with E-state index in [0.29, 0.717) is 11.1 Å². The van der Waals surface area contributed by atoms with Crippen LogP contribution in [0.1, 0.15) is 0 Å². The molecule has 2 rings (SSSR count). The van der Waals surface area contributed by atoms with Crippen molar-refractivity contribution in [3.63, 3.8) is 0 Å². The largest absolute Gasteiger partial charge is 0.507 e. The molecule has 0 saturated heterocycles. The quantitative estimate of drug-likeness (QED) is 0.535. The van der Waals surface area contributed by atoms with E-state index in [0.717, 1.165) is 5.39 Å². The van der Waals surface area contributed by atoms with Crippen LogP contribution in [0.3, 0.4) is 0 Å². The summed E-state index contributed by atoms with van der Waals surface area (Å²) in [7, 11) is 0. The van der Waals surface area contributed by atoms with Crippen LogP contribution >= 0.6 is 0 Å². The predicted octanol–water partition coefficient (Wildman–Crippen LogP) is 1.83. The highest BCUT2D eigenvalue weighted by Crippen LogP contribution is 2.34. The molecule has 4 N–H and O–H groups in total. The summed E-state index contributed by atoms with van der Waals surface area (Å²) in [4.78, 5) is 0. The van der Waals surface area contributed by atoms with Crippen LogP contribution in [0.2, 0.25) is 0 Å². The SMILES string of the molecule is Nc1cc(O)c2c(O)cccc2c1. The minimum atomic E-state index is 0.00750. The molecule has 0 fully saturated rings. The average molecular weight is 175 g/mol. The number of benzene rings is 2. The maximum absolute atomic E-state index is 9.49. The summed E-state index contributed by atoms with van der Waals surface area (Å²) >= 11 is 0. The van der Waals surface area contributed by atoms with Crippen LogP contribution in [0.4, 0.5) is 5.69 Å². The molecule has 0 spiro atoms. The Kier molecular flexibility index (Phi) is 1.52. The van der Waals surface area contributed by atoms with Crippen LogP contribution < -0.4 is 5.73 Å². The topological polar surface area (TPSA) is 66.5 Å².